The number of allylic oxidation sites excluding steroid dienone is 12. The van der Waals surface area contributed by atoms with Gasteiger partial charge in [-0.1, -0.05) is 60.8 Å². The molecular weight excluding hydrogens is 232 g/mol. The zero-order valence-corrected chi connectivity index (χ0v) is 9.68. The van der Waals surface area contributed by atoms with E-state index in [2.05, 4.69) is 14.8 Å². The quantitative estimate of drug-likeness (QED) is 0.664. The van der Waals surface area contributed by atoms with Crippen molar-refractivity contribution in [2.45, 2.75) is 0 Å². The van der Waals surface area contributed by atoms with Crippen molar-refractivity contribution in [2.24, 2.45) is 0 Å². The van der Waals surface area contributed by atoms with Crippen LogP contribution in [-0.4, -0.2) is 5.11 Å². The Labute approximate surface area is 106 Å². The highest BCUT2D eigenvalue weighted by Gasteiger charge is 1.91. The third kappa shape index (κ3) is 7.78. The van der Waals surface area contributed by atoms with Crippen molar-refractivity contribution in [1.29, 1.82) is 0 Å². The molecule has 0 bridgehead atoms. The molecule has 1 aliphatic rings. The van der Waals surface area contributed by atoms with Crippen LogP contribution in [0.3, 0.4) is 0 Å². The minimum Gasteiger partial charge on any atom is -0.479 e. The van der Waals surface area contributed by atoms with Crippen molar-refractivity contribution in [3.63, 3.8) is 0 Å². The van der Waals surface area contributed by atoms with Crippen LogP contribution < -0.4 is 0 Å². The maximum absolute atomic E-state index is 9.16. The van der Waals surface area contributed by atoms with E-state index in [4.69, 9.17) is 5.11 Å². The Balaban J connectivity index is 2.63. The molecule has 1 heterocycles. The Morgan fingerprint density at radius 3 is 1.78 bits per heavy atom. The van der Waals surface area contributed by atoms with Crippen LogP contribution in [0.15, 0.2) is 85.1 Å². The minimum atomic E-state index is -0.412. The molecule has 4 nitrogen and oxygen atoms in total. The summed E-state index contributed by atoms with van der Waals surface area (Å²) in [6.07, 6.45) is 22.3. The molecule has 4 heteroatoms. The smallest absolute Gasteiger partial charge is 0.318 e. The number of rotatable bonds is 0. The van der Waals surface area contributed by atoms with Gasteiger partial charge in [0.25, 0.3) is 0 Å². The normalized spacial score (nSPS) is 16.8. The van der Waals surface area contributed by atoms with E-state index in [1.165, 1.54) is 12.3 Å². The number of hydrogen-bond donors (Lipinski definition) is 1. The lowest BCUT2D eigenvalue weighted by Crippen LogP contribution is -1.91. The van der Waals surface area contributed by atoms with Gasteiger partial charge in [-0.05, 0) is 6.08 Å². The minimum absolute atomic E-state index is 0.412. The molecule has 1 rings (SSSR count). The number of aliphatic hydroxyl groups is 1. The van der Waals surface area contributed by atoms with Crippen LogP contribution >= 0.6 is 0 Å². The monoisotopic (exact) mass is 246 g/mol. The van der Waals surface area contributed by atoms with Gasteiger partial charge in [0.05, 0.1) is 0 Å². The topological polar surface area (TPSA) is 47.9 Å². The molecule has 0 atom stereocenters. The van der Waals surface area contributed by atoms with E-state index in [9.17, 15) is 0 Å². The molecule has 0 fully saturated rings. The van der Waals surface area contributed by atoms with Gasteiger partial charge in [-0.2, -0.15) is 0 Å². The van der Waals surface area contributed by atoms with Gasteiger partial charge in [0.1, 0.15) is 6.26 Å². The standard InChI is InChI=1S/C14H14O4/c15-14-12-10-8-6-4-2-1-3-5-7-9-11-13-16-18-17-14/h1-13,15H. The molecule has 94 valence electrons. The van der Waals surface area contributed by atoms with Gasteiger partial charge in [0.15, 0.2) is 0 Å². The van der Waals surface area contributed by atoms with Crippen LogP contribution in [-0.2, 0) is 14.8 Å². The third-order valence-corrected chi connectivity index (χ3v) is 1.64. The molecule has 1 aliphatic heterocycles. The Morgan fingerprint density at radius 2 is 1.17 bits per heavy atom. The summed E-state index contributed by atoms with van der Waals surface area (Å²) >= 11 is 0. The Kier molecular flexibility index (Phi) is 7.36. The van der Waals surface area contributed by atoms with E-state index >= 15 is 0 Å². The van der Waals surface area contributed by atoms with Gasteiger partial charge in [0, 0.05) is 11.1 Å². The summed E-state index contributed by atoms with van der Waals surface area (Å²) in [5.74, 6) is -0.412. The second-order valence-electron chi connectivity index (χ2n) is 3.01. The van der Waals surface area contributed by atoms with Crippen LogP contribution in [0.5, 0.6) is 0 Å². The van der Waals surface area contributed by atoms with Crippen LogP contribution in [0.1, 0.15) is 0 Å². The predicted molar refractivity (Wildman–Crippen MR) is 68.8 cm³/mol. The first kappa shape index (κ1) is 13.6. The lowest BCUT2D eigenvalue weighted by Gasteiger charge is -1.97. The molecule has 0 spiro atoms. The van der Waals surface area contributed by atoms with Crippen LogP contribution in [0, 0.1) is 0 Å². The fourth-order valence-corrected chi connectivity index (χ4v) is 0.898. The summed E-state index contributed by atoms with van der Waals surface area (Å²) in [5.41, 5.74) is 0. The van der Waals surface area contributed by atoms with Gasteiger partial charge in [-0.3, -0.25) is 4.89 Å². The Hall–Kier alpha value is -2.46. The second-order valence-corrected chi connectivity index (χ2v) is 3.01. The fourth-order valence-electron chi connectivity index (χ4n) is 0.898. The Morgan fingerprint density at radius 1 is 0.667 bits per heavy atom. The van der Waals surface area contributed by atoms with Gasteiger partial charge >= 0.3 is 5.95 Å². The van der Waals surface area contributed by atoms with E-state index in [0.29, 0.717) is 0 Å². The van der Waals surface area contributed by atoms with E-state index in [1.807, 2.05) is 36.5 Å². The molecule has 1 N–H and O–H groups in total. The van der Waals surface area contributed by atoms with Crippen molar-refractivity contribution in [2.75, 3.05) is 0 Å². The van der Waals surface area contributed by atoms with E-state index in [0.717, 1.165) is 0 Å². The first-order chi connectivity index (χ1) is 8.89. The lowest BCUT2D eigenvalue weighted by molar-refractivity contribution is -0.482. The molecule has 0 aromatic carbocycles. The summed E-state index contributed by atoms with van der Waals surface area (Å²) in [6, 6.07) is 0. The average Bonchev–Trinajstić information content (AvgIpc) is 2.37. The second kappa shape index (κ2) is 9.74. The molecule has 0 aromatic heterocycles. The predicted octanol–water partition coefficient (Wildman–Crippen LogP) is 3.57. The van der Waals surface area contributed by atoms with Crippen LogP contribution in [0.25, 0.3) is 0 Å². The highest BCUT2D eigenvalue weighted by Crippen LogP contribution is 1.96. The van der Waals surface area contributed by atoms with Crippen LogP contribution in [0.2, 0.25) is 0 Å². The van der Waals surface area contributed by atoms with Crippen LogP contribution in [0.4, 0.5) is 0 Å². The van der Waals surface area contributed by atoms with Crippen molar-refractivity contribution in [1.82, 2.24) is 0 Å². The molecular formula is C14H14O4. The summed E-state index contributed by atoms with van der Waals surface area (Å²) in [4.78, 5) is 8.88. The molecule has 0 saturated heterocycles. The number of hydrogen-bond acceptors (Lipinski definition) is 4. The highest BCUT2D eigenvalue weighted by atomic mass is 17.5. The van der Waals surface area contributed by atoms with Crippen molar-refractivity contribution < 1.29 is 19.9 Å². The van der Waals surface area contributed by atoms with Gasteiger partial charge in [0.2, 0.25) is 0 Å². The lowest BCUT2D eigenvalue weighted by atomic mass is 10.3. The zero-order valence-electron chi connectivity index (χ0n) is 9.68. The molecule has 18 heavy (non-hydrogen) atoms. The maximum atomic E-state index is 9.16. The van der Waals surface area contributed by atoms with E-state index in [1.54, 1.807) is 30.4 Å². The highest BCUT2D eigenvalue weighted by molar-refractivity contribution is 5.20. The largest absolute Gasteiger partial charge is 0.479 e. The first-order valence-electron chi connectivity index (χ1n) is 5.29. The SMILES string of the molecule is OC1=CC=CC=CC=CC=CC=CC=COOO1. The molecule has 0 saturated carbocycles. The third-order valence-electron chi connectivity index (χ3n) is 1.64. The molecule has 0 aliphatic carbocycles. The van der Waals surface area contributed by atoms with Gasteiger partial charge < -0.3 is 9.99 Å². The van der Waals surface area contributed by atoms with Crippen molar-refractivity contribution in [3.8, 4) is 0 Å². The summed E-state index contributed by atoms with van der Waals surface area (Å²) in [5, 5.41) is 13.4. The van der Waals surface area contributed by atoms with Crippen molar-refractivity contribution >= 4 is 0 Å². The molecule has 0 unspecified atom stereocenters. The maximum Gasteiger partial charge on any atom is 0.318 e. The zero-order chi connectivity index (χ0) is 12.9. The van der Waals surface area contributed by atoms with Gasteiger partial charge in [-0.15, -0.1) is 0 Å². The molecule has 0 amide bonds. The first-order valence-corrected chi connectivity index (χ1v) is 5.29. The van der Waals surface area contributed by atoms with Gasteiger partial charge in [-0.25, -0.2) is 0 Å². The van der Waals surface area contributed by atoms with E-state index in [-0.39, 0.29) is 0 Å². The summed E-state index contributed by atoms with van der Waals surface area (Å²) in [6.45, 7) is 0. The number of aliphatic hydroxyl groups excluding tert-OH is 1. The molecule has 0 radical (unpaired) electrons. The van der Waals surface area contributed by atoms with Crippen molar-refractivity contribution in [3.05, 3.63) is 85.1 Å². The van der Waals surface area contributed by atoms with E-state index < -0.39 is 5.95 Å². The Bertz CT molecular complexity index is 423. The fraction of sp³-hybridized carbons (Fsp3) is 0. The summed E-state index contributed by atoms with van der Waals surface area (Å²) < 4.78 is 0. The summed E-state index contributed by atoms with van der Waals surface area (Å²) in [7, 11) is 0. The molecule has 0 aromatic rings. The average molecular weight is 246 g/mol.